The van der Waals surface area contributed by atoms with Gasteiger partial charge >= 0.3 is 0 Å². The van der Waals surface area contributed by atoms with Gasteiger partial charge in [0.25, 0.3) is 5.91 Å². The fourth-order valence-corrected chi connectivity index (χ4v) is 2.49. The molecule has 0 heterocycles. The second-order valence-electron chi connectivity index (χ2n) is 4.88. The van der Waals surface area contributed by atoms with Gasteiger partial charge in [0.2, 0.25) is 0 Å². The van der Waals surface area contributed by atoms with Crippen LogP contribution in [0.2, 0.25) is 5.02 Å². The van der Waals surface area contributed by atoms with Crippen LogP contribution in [0.15, 0.2) is 46.9 Å². The quantitative estimate of drug-likeness (QED) is 0.811. The van der Waals surface area contributed by atoms with Crippen LogP contribution < -0.4 is 5.73 Å². The number of carbonyl (C=O) groups excluding carboxylic acids is 1. The van der Waals surface area contributed by atoms with Crippen molar-refractivity contribution in [3.63, 3.8) is 0 Å². The molecule has 5 heteroatoms. The molecule has 2 aromatic carbocycles. The lowest BCUT2D eigenvalue weighted by Crippen LogP contribution is -2.29. The van der Waals surface area contributed by atoms with Gasteiger partial charge in [0.15, 0.2) is 0 Å². The lowest BCUT2D eigenvalue weighted by atomic mass is 10.1. The molecule has 2 N–H and O–H groups in total. The summed E-state index contributed by atoms with van der Waals surface area (Å²) in [6, 6.07) is 12.6. The molecule has 0 aromatic heterocycles. The molecule has 1 atom stereocenters. The summed E-state index contributed by atoms with van der Waals surface area (Å²) in [5, 5.41) is 0.660. The molecule has 1 unspecified atom stereocenters. The zero-order chi connectivity index (χ0) is 15.6. The number of benzene rings is 2. The van der Waals surface area contributed by atoms with Crippen LogP contribution in [0.25, 0.3) is 0 Å². The summed E-state index contributed by atoms with van der Waals surface area (Å²) < 4.78 is 0.782. The minimum Gasteiger partial charge on any atom is -0.398 e. The third-order valence-electron chi connectivity index (χ3n) is 3.48. The predicted octanol–water partition coefficient (Wildman–Crippen LogP) is 4.52. The van der Waals surface area contributed by atoms with Crippen molar-refractivity contribution in [3.05, 3.63) is 63.1 Å². The van der Waals surface area contributed by atoms with Crippen LogP contribution in [0.5, 0.6) is 0 Å². The van der Waals surface area contributed by atoms with E-state index in [1.165, 1.54) is 0 Å². The summed E-state index contributed by atoms with van der Waals surface area (Å²) in [6.07, 6.45) is 0. The van der Waals surface area contributed by atoms with E-state index in [9.17, 15) is 4.79 Å². The molecule has 21 heavy (non-hydrogen) atoms. The largest absolute Gasteiger partial charge is 0.398 e. The Balaban J connectivity index is 2.24. The first-order chi connectivity index (χ1) is 9.90. The molecule has 110 valence electrons. The van der Waals surface area contributed by atoms with Crippen molar-refractivity contribution in [1.82, 2.24) is 4.90 Å². The highest BCUT2D eigenvalue weighted by Crippen LogP contribution is 2.25. The van der Waals surface area contributed by atoms with Gasteiger partial charge in [0, 0.05) is 27.8 Å². The molecule has 1 amide bonds. The van der Waals surface area contributed by atoms with E-state index >= 15 is 0 Å². The molecule has 0 radical (unpaired) electrons. The van der Waals surface area contributed by atoms with Gasteiger partial charge in [-0.25, -0.2) is 0 Å². The summed E-state index contributed by atoms with van der Waals surface area (Å²) in [4.78, 5) is 14.2. The van der Waals surface area contributed by atoms with Crippen molar-refractivity contribution in [1.29, 1.82) is 0 Å². The Bertz CT molecular complexity index is 675. The van der Waals surface area contributed by atoms with E-state index in [-0.39, 0.29) is 11.9 Å². The molecule has 2 rings (SSSR count). The second-order valence-corrected chi connectivity index (χ2v) is 6.17. The number of nitrogens with zero attached hydrogens (tertiary/aromatic N) is 1. The van der Waals surface area contributed by atoms with Crippen LogP contribution in [0.3, 0.4) is 0 Å². The van der Waals surface area contributed by atoms with Gasteiger partial charge in [0.05, 0.1) is 6.04 Å². The molecule has 0 aliphatic carbocycles. The minimum absolute atomic E-state index is 0.0818. The number of nitrogens with two attached hydrogens (primary N) is 1. The normalized spacial score (nSPS) is 12.0. The van der Waals surface area contributed by atoms with E-state index in [1.807, 2.05) is 31.2 Å². The Hall–Kier alpha value is -1.52. The van der Waals surface area contributed by atoms with Crippen LogP contribution in [0.1, 0.15) is 28.9 Å². The third-order valence-corrected chi connectivity index (χ3v) is 4.43. The van der Waals surface area contributed by atoms with Gasteiger partial charge < -0.3 is 10.6 Å². The van der Waals surface area contributed by atoms with Crippen molar-refractivity contribution in [2.75, 3.05) is 12.8 Å². The lowest BCUT2D eigenvalue weighted by molar-refractivity contribution is 0.0742. The van der Waals surface area contributed by atoms with Crippen LogP contribution in [0, 0.1) is 0 Å². The number of halogens is 2. The fourth-order valence-electron chi connectivity index (χ4n) is 2.05. The number of hydrogen-bond donors (Lipinski definition) is 1. The maximum atomic E-state index is 12.5. The summed E-state index contributed by atoms with van der Waals surface area (Å²) in [6.45, 7) is 1.96. The van der Waals surface area contributed by atoms with Crippen molar-refractivity contribution in [3.8, 4) is 0 Å². The van der Waals surface area contributed by atoms with E-state index in [2.05, 4.69) is 15.9 Å². The number of anilines is 1. The average Bonchev–Trinajstić information content (AvgIpc) is 2.47. The highest BCUT2D eigenvalue weighted by atomic mass is 79.9. The minimum atomic E-state index is -0.0823. The molecule has 0 aliphatic rings. The number of amides is 1. The lowest BCUT2D eigenvalue weighted by Gasteiger charge is -2.25. The summed E-state index contributed by atoms with van der Waals surface area (Å²) in [5.74, 6) is -0.0818. The van der Waals surface area contributed by atoms with E-state index < -0.39 is 0 Å². The molecule has 0 spiro atoms. The first-order valence-electron chi connectivity index (χ1n) is 6.48. The van der Waals surface area contributed by atoms with Gasteiger partial charge in [-0.05, 0) is 58.7 Å². The van der Waals surface area contributed by atoms with Gasteiger partial charge in [0.1, 0.15) is 0 Å². The molecule has 0 saturated carbocycles. The first kappa shape index (κ1) is 15.9. The SMILES string of the molecule is CC(c1cccc(Cl)c1)N(C)C(=O)c1ccc(Br)c(N)c1. The Morgan fingerprint density at radius 3 is 2.62 bits per heavy atom. The van der Waals surface area contributed by atoms with Gasteiger partial charge in [-0.3, -0.25) is 4.79 Å². The van der Waals surface area contributed by atoms with E-state index in [4.69, 9.17) is 17.3 Å². The van der Waals surface area contributed by atoms with E-state index in [1.54, 1.807) is 30.1 Å². The number of rotatable bonds is 3. The zero-order valence-corrected chi connectivity index (χ0v) is 14.1. The van der Waals surface area contributed by atoms with Crippen molar-refractivity contribution < 1.29 is 4.79 Å². The van der Waals surface area contributed by atoms with Crippen LogP contribution in [-0.2, 0) is 0 Å². The Morgan fingerprint density at radius 2 is 2.00 bits per heavy atom. The van der Waals surface area contributed by atoms with E-state index in [0.29, 0.717) is 16.3 Å². The maximum absolute atomic E-state index is 12.5. The summed E-state index contributed by atoms with van der Waals surface area (Å²) >= 11 is 9.33. The molecular weight excluding hydrogens is 352 g/mol. The molecule has 0 saturated heterocycles. The van der Waals surface area contributed by atoms with Crippen LogP contribution >= 0.6 is 27.5 Å². The third kappa shape index (κ3) is 3.57. The Morgan fingerprint density at radius 1 is 1.29 bits per heavy atom. The van der Waals surface area contributed by atoms with Gasteiger partial charge in [-0.15, -0.1) is 0 Å². The topological polar surface area (TPSA) is 46.3 Å². The first-order valence-corrected chi connectivity index (χ1v) is 7.65. The molecule has 0 fully saturated rings. The number of hydrogen-bond acceptors (Lipinski definition) is 2. The summed E-state index contributed by atoms with van der Waals surface area (Å²) in [5.41, 5.74) is 7.93. The standard InChI is InChI=1S/C16H16BrClN2O/c1-10(11-4-3-5-13(18)8-11)20(2)16(21)12-6-7-14(17)15(19)9-12/h3-10H,19H2,1-2H3. The molecule has 0 aliphatic heterocycles. The van der Waals surface area contributed by atoms with Gasteiger partial charge in [-0.1, -0.05) is 23.7 Å². The summed E-state index contributed by atoms with van der Waals surface area (Å²) in [7, 11) is 1.77. The number of carbonyl (C=O) groups is 1. The molecule has 2 aromatic rings. The Kier molecular flexibility index (Phi) is 4.91. The molecule has 0 bridgehead atoms. The fraction of sp³-hybridized carbons (Fsp3) is 0.188. The smallest absolute Gasteiger partial charge is 0.254 e. The monoisotopic (exact) mass is 366 g/mol. The van der Waals surface area contributed by atoms with Crippen molar-refractivity contribution in [2.24, 2.45) is 0 Å². The van der Waals surface area contributed by atoms with Crippen molar-refractivity contribution >= 4 is 39.1 Å². The number of nitrogen functional groups attached to an aromatic ring is 1. The zero-order valence-electron chi connectivity index (χ0n) is 11.8. The molecule has 3 nitrogen and oxygen atoms in total. The van der Waals surface area contributed by atoms with E-state index in [0.717, 1.165) is 10.0 Å². The molecular formula is C16H16BrClN2O. The maximum Gasteiger partial charge on any atom is 0.254 e. The van der Waals surface area contributed by atoms with Crippen LogP contribution in [-0.4, -0.2) is 17.9 Å². The average molecular weight is 368 g/mol. The van der Waals surface area contributed by atoms with Crippen molar-refractivity contribution in [2.45, 2.75) is 13.0 Å². The highest BCUT2D eigenvalue weighted by Gasteiger charge is 2.19. The van der Waals surface area contributed by atoms with Crippen LogP contribution in [0.4, 0.5) is 5.69 Å². The second kappa shape index (κ2) is 6.50. The van der Waals surface area contributed by atoms with Gasteiger partial charge in [-0.2, -0.15) is 0 Å². The highest BCUT2D eigenvalue weighted by molar-refractivity contribution is 9.10. The predicted molar refractivity (Wildman–Crippen MR) is 90.5 cm³/mol. The Labute approximate surface area is 137 Å².